The van der Waals surface area contributed by atoms with E-state index in [1.54, 1.807) is 20.3 Å². The third-order valence-corrected chi connectivity index (χ3v) is 4.97. The summed E-state index contributed by atoms with van der Waals surface area (Å²) in [5, 5.41) is 0.516. The molecular weight excluding hydrogens is 407 g/mol. The van der Waals surface area contributed by atoms with Gasteiger partial charge in [-0.25, -0.2) is 0 Å². The predicted octanol–water partition coefficient (Wildman–Crippen LogP) is 3.99. The van der Waals surface area contributed by atoms with Gasteiger partial charge in [-0.2, -0.15) is 0 Å². The van der Waals surface area contributed by atoms with Crippen LogP contribution in [0.1, 0.15) is 11.3 Å². The second-order valence-corrected chi connectivity index (χ2v) is 6.53. The van der Waals surface area contributed by atoms with Crippen molar-refractivity contribution in [1.29, 1.82) is 0 Å². The molecule has 2 aromatic carbocycles. The maximum atomic E-state index is 13.0. The van der Waals surface area contributed by atoms with Gasteiger partial charge in [-0.1, -0.05) is 24.3 Å². The molecule has 1 aromatic heterocycles. The maximum absolute atomic E-state index is 13.0. The Hall–Kier alpha value is -2.02. The Labute approximate surface area is 146 Å². The second-order valence-electron chi connectivity index (χ2n) is 5.36. The highest BCUT2D eigenvalue weighted by molar-refractivity contribution is 14.1. The fourth-order valence-electron chi connectivity index (χ4n) is 3.16. The SMILES string of the molecule is COc1c(I)cc2c(=O)c3c(oc2c1OC)Cc1ccccc1-3. The Morgan fingerprint density at radius 2 is 1.87 bits per heavy atom. The molecule has 23 heavy (non-hydrogen) atoms. The Morgan fingerprint density at radius 3 is 2.61 bits per heavy atom. The number of hydrogen-bond donors (Lipinski definition) is 0. The third-order valence-electron chi connectivity index (χ3n) is 4.17. The molecule has 0 saturated carbocycles. The molecule has 0 aliphatic heterocycles. The minimum atomic E-state index is -0.0231. The lowest BCUT2D eigenvalue weighted by atomic mass is 10.1. The van der Waals surface area contributed by atoms with Crippen LogP contribution in [0.15, 0.2) is 39.5 Å². The summed E-state index contributed by atoms with van der Waals surface area (Å²) < 4.78 is 17.8. The molecule has 5 heteroatoms. The van der Waals surface area contributed by atoms with E-state index in [0.29, 0.717) is 40.2 Å². The molecule has 0 saturated heterocycles. The summed E-state index contributed by atoms with van der Waals surface area (Å²) >= 11 is 2.14. The Morgan fingerprint density at radius 1 is 1.13 bits per heavy atom. The molecule has 4 rings (SSSR count). The van der Waals surface area contributed by atoms with Gasteiger partial charge in [0.1, 0.15) is 5.76 Å². The molecular formula is C18H13IO4. The Bertz CT molecular complexity index is 1000. The smallest absolute Gasteiger partial charge is 0.205 e. The van der Waals surface area contributed by atoms with Crippen LogP contribution in [0, 0.1) is 3.57 Å². The molecule has 1 aliphatic carbocycles. The molecule has 0 atom stereocenters. The van der Waals surface area contributed by atoms with Crippen molar-refractivity contribution in [3.63, 3.8) is 0 Å². The standard InChI is InChI=1S/C18H13IO4/c1-21-17-12(19)8-11-15(20)14-10-6-4-3-5-9(10)7-13(14)23-16(11)18(17)22-2/h3-6,8H,7H2,1-2H3. The van der Waals surface area contributed by atoms with Crippen molar-refractivity contribution in [2.75, 3.05) is 14.2 Å². The van der Waals surface area contributed by atoms with E-state index in [9.17, 15) is 4.79 Å². The molecule has 0 unspecified atom stereocenters. The van der Waals surface area contributed by atoms with Crippen LogP contribution in [0.25, 0.3) is 22.1 Å². The topological polar surface area (TPSA) is 48.7 Å². The predicted molar refractivity (Wildman–Crippen MR) is 96.5 cm³/mol. The highest BCUT2D eigenvalue weighted by Crippen LogP contribution is 2.42. The fourth-order valence-corrected chi connectivity index (χ4v) is 3.94. The van der Waals surface area contributed by atoms with E-state index in [1.807, 2.05) is 24.3 Å². The number of ether oxygens (including phenoxy) is 2. The van der Waals surface area contributed by atoms with Crippen molar-refractivity contribution in [3.05, 3.63) is 55.4 Å². The first-order chi connectivity index (χ1) is 11.2. The number of halogens is 1. The van der Waals surface area contributed by atoms with Crippen LogP contribution in [-0.2, 0) is 6.42 Å². The summed E-state index contributed by atoms with van der Waals surface area (Å²) in [6, 6.07) is 9.70. The lowest BCUT2D eigenvalue weighted by Crippen LogP contribution is -2.08. The largest absolute Gasteiger partial charge is 0.492 e. The van der Waals surface area contributed by atoms with Gasteiger partial charge >= 0.3 is 0 Å². The molecule has 4 nitrogen and oxygen atoms in total. The number of hydrogen-bond acceptors (Lipinski definition) is 4. The van der Waals surface area contributed by atoms with Crippen LogP contribution in [0.3, 0.4) is 0 Å². The van der Waals surface area contributed by atoms with Gasteiger partial charge in [0, 0.05) is 6.42 Å². The van der Waals surface area contributed by atoms with Crippen LogP contribution >= 0.6 is 22.6 Å². The molecule has 1 aliphatic rings. The lowest BCUT2D eigenvalue weighted by molar-refractivity contribution is 0.350. The van der Waals surface area contributed by atoms with Gasteiger partial charge < -0.3 is 13.9 Å². The molecule has 0 amide bonds. The highest BCUT2D eigenvalue weighted by atomic mass is 127. The molecule has 0 fully saturated rings. The van der Waals surface area contributed by atoms with Crippen LogP contribution in [0.5, 0.6) is 11.5 Å². The van der Waals surface area contributed by atoms with E-state index in [0.717, 1.165) is 14.7 Å². The van der Waals surface area contributed by atoms with E-state index in [-0.39, 0.29) is 5.43 Å². The average Bonchev–Trinajstić information content (AvgIpc) is 2.93. The molecule has 3 aromatic rings. The summed E-state index contributed by atoms with van der Waals surface area (Å²) in [5.41, 5.74) is 3.16. The highest BCUT2D eigenvalue weighted by Gasteiger charge is 2.27. The average molecular weight is 420 g/mol. The van der Waals surface area contributed by atoms with Crippen molar-refractivity contribution in [3.8, 4) is 22.6 Å². The zero-order valence-electron chi connectivity index (χ0n) is 12.6. The molecule has 0 spiro atoms. The van der Waals surface area contributed by atoms with E-state index >= 15 is 0 Å². The van der Waals surface area contributed by atoms with Crippen LogP contribution < -0.4 is 14.9 Å². The molecule has 0 bridgehead atoms. The minimum absolute atomic E-state index is 0.0231. The second kappa shape index (κ2) is 5.26. The van der Waals surface area contributed by atoms with Crippen LogP contribution in [0.2, 0.25) is 0 Å². The lowest BCUT2D eigenvalue weighted by Gasteiger charge is -2.12. The van der Waals surface area contributed by atoms with Gasteiger partial charge in [0.2, 0.25) is 11.2 Å². The van der Waals surface area contributed by atoms with Gasteiger partial charge in [-0.15, -0.1) is 0 Å². The van der Waals surface area contributed by atoms with Crippen molar-refractivity contribution < 1.29 is 13.9 Å². The summed E-state index contributed by atoms with van der Waals surface area (Å²) in [7, 11) is 3.13. The minimum Gasteiger partial charge on any atom is -0.492 e. The Balaban J connectivity index is 2.14. The first kappa shape index (κ1) is 14.6. The van der Waals surface area contributed by atoms with E-state index in [1.165, 1.54) is 0 Å². The van der Waals surface area contributed by atoms with Gasteiger partial charge in [-0.05, 0) is 39.8 Å². The quantitative estimate of drug-likeness (QED) is 0.461. The number of rotatable bonds is 2. The molecule has 116 valence electrons. The summed E-state index contributed by atoms with van der Waals surface area (Å²) in [6.07, 6.45) is 0.619. The van der Waals surface area contributed by atoms with Crippen LogP contribution in [-0.4, -0.2) is 14.2 Å². The van der Waals surface area contributed by atoms with Crippen molar-refractivity contribution in [2.45, 2.75) is 6.42 Å². The van der Waals surface area contributed by atoms with Crippen LogP contribution in [0.4, 0.5) is 0 Å². The molecule has 0 radical (unpaired) electrons. The number of benzene rings is 2. The first-order valence-electron chi connectivity index (χ1n) is 7.14. The van der Waals surface area contributed by atoms with Gasteiger partial charge in [0.05, 0.1) is 28.7 Å². The van der Waals surface area contributed by atoms with E-state index in [4.69, 9.17) is 13.9 Å². The monoisotopic (exact) mass is 420 g/mol. The van der Waals surface area contributed by atoms with E-state index in [2.05, 4.69) is 22.6 Å². The normalized spacial score (nSPS) is 12.1. The van der Waals surface area contributed by atoms with Gasteiger partial charge in [0.25, 0.3) is 0 Å². The summed E-state index contributed by atoms with van der Waals surface area (Å²) in [6.45, 7) is 0. The van der Waals surface area contributed by atoms with Crippen molar-refractivity contribution in [1.82, 2.24) is 0 Å². The first-order valence-corrected chi connectivity index (χ1v) is 8.22. The van der Waals surface area contributed by atoms with Gasteiger partial charge in [0.15, 0.2) is 11.3 Å². The maximum Gasteiger partial charge on any atom is 0.205 e. The third kappa shape index (κ3) is 1.99. The van der Waals surface area contributed by atoms with Crippen molar-refractivity contribution in [2.24, 2.45) is 0 Å². The number of methoxy groups -OCH3 is 2. The van der Waals surface area contributed by atoms with Crippen molar-refractivity contribution >= 4 is 33.6 Å². The zero-order valence-corrected chi connectivity index (χ0v) is 14.8. The zero-order chi connectivity index (χ0) is 16.1. The van der Waals surface area contributed by atoms with Gasteiger partial charge in [-0.3, -0.25) is 4.79 Å². The fraction of sp³-hybridized carbons (Fsp3) is 0.167. The number of fused-ring (bicyclic) bond motifs is 4. The summed E-state index contributed by atoms with van der Waals surface area (Å²) in [4.78, 5) is 13.0. The summed E-state index contributed by atoms with van der Waals surface area (Å²) in [5.74, 6) is 1.73. The molecule has 1 heterocycles. The van der Waals surface area contributed by atoms with E-state index < -0.39 is 0 Å². The Kier molecular flexibility index (Phi) is 3.33. The molecule has 0 N–H and O–H groups in total.